The molecule has 2 N–H and O–H groups in total. The van der Waals surface area contributed by atoms with E-state index in [1.54, 1.807) is 6.07 Å². The van der Waals surface area contributed by atoms with Crippen molar-refractivity contribution >= 4 is 23.0 Å². The lowest BCUT2D eigenvalue weighted by atomic mass is 9.96. The number of rotatable bonds is 2. The summed E-state index contributed by atoms with van der Waals surface area (Å²) in [5.41, 5.74) is 7.93. The first-order valence-electron chi connectivity index (χ1n) is 5.06. The van der Waals surface area contributed by atoms with Crippen molar-refractivity contribution in [1.82, 2.24) is 0 Å². The first-order chi connectivity index (χ1) is 6.79. The summed E-state index contributed by atoms with van der Waals surface area (Å²) < 4.78 is 0. The van der Waals surface area contributed by atoms with Gasteiger partial charge in [-0.25, -0.2) is 0 Å². The minimum absolute atomic E-state index is 0.251. The molecule has 1 aromatic rings. The summed E-state index contributed by atoms with van der Waals surface area (Å²) >= 11 is 5.86. The number of benzene rings is 1. The molecule has 1 rings (SSSR count). The van der Waals surface area contributed by atoms with Gasteiger partial charge in [-0.2, -0.15) is 0 Å². The van der Waals surface area contributed by atoms with Crippen LogP contribution in [-0.4, -0.2) is 13.6 Å². The van der Waals surface area contributed by atoms with Crippen LogP contribution in [0.2, 0.25) is 5.02 Å². The highest BCUT2D eigenvalue weighted by molar-refractivity contribution is 6.31. The molecular formula is C12H19ClN2. The molecule has 0 aliphatic carbocycles. The van der Waals surface area contributed by atoms with Gasteiger partial charge < -0.3 is 10.6 Å². The Balaban J connectivity index is 2.87. The van der Waals surface area contributed by atoms with Crippen molar-refractivity contribution in [2.24, 2.45) is 5.41 Å². The second-order valence-corrected chi connectivity index (χ2v) is 5.56. The number of halogens is 1. The Bertz CT molecular complexity index is 342. The maximum atomic E-state index is 5.92. The number of hydrogen-bond acceptors (Lipinski definition) is 2. The Morgan fingerprint density at radius 1 is 1.33 bits per heavy atom. The molecule has 2 nitrogen and oxygen atoms in total. The Morgan fingerprint density at radius 3 is 2.40 bits per heavy atom. The van der Waals surface area contributed by atoms with Gasteiger partial charge in [0.1, 0.15) is 0 Å². The second kappa shape index (κ2) is 4.31. The number of nitrogens with zero attached hydrogens (tertiary/aromatic N) is 1. The first-order valence-corrected chi connectivity index (χ1v) is 5.43. The fraction of sp³-hybridized carbons (Fsp3) is 0.500. The SMILES string of the molecule is CN(CC(C)(C)C)c1ccc(Cl)cc1N. The lowest BCUT2D eigenvalue weighted by Crippen LogP contribution is -2.29. The van der Waals surface area contributed by atoms with E-state index in [-0.39, 0.29) is 5.41 Å². The molecule has 0 aliphatic heterocycles. The van der Waals surface area contributed by atoms with E-state index in [1.807, 2.05) is 19.2 Å². The fourth-order valence-corrected chi connectivity index (χ4v) is 1.85. The molecule has 15 heavy (non-hydrogen) atoms. The number of anilines is 2. The van der Waals surface area contributed by atoms with Crippen LogP contribution < -0.4 is 10.6 Å². The summed E-state index contributed by atoms with van der Waals surface area (Å²) in [6.45, 7) is 7.57. The summed E-state index contributed by atoms with van der Waals surface area (Å²) in [6, 6.07) is 5.62. The van der Waals surface area contributed by atoms with Crippen LogP contribution in [0.25, 0.3) is 0 Å². The van der Waals surface area contributed by atoms with Gasteiger partial charge in [-0.1, -0.05) is 32.4 Å². The van der Waals surface area contributed by atoms with Crippen molar-refractivity contribution in [1.29, 1.82) is 0 Å². The molecule has 0 bridgehead atoms. The lowest BCUT2D eigenvalue weighted by molar-refractivity contribution is 0.419. The zero-order chi connectivity index (χ0) is 11.6. The Hall–Kier alpha value is -0.890. The van der Waals surface area contributed by atoms with Gasteiger partial charge in [-0.05, 0) is 23.6 Å². The molecular weight excluding hydrogens is 208 g/mol. The topological polar surface area (TPSA) is 29.3 Å². The summed E-state index contributed by atoms with van der Waals surface area (Å²) in [7, 11) is 2.05. The third-order valence-electron chi connectivity index (χ3n) is 2.11. The predicted molar refractivity (Wildman–Crippen MR) is 68.6 cm³/mol. The van der Waals surface area contributed by atoms with Gasteiger partial charge in [0.05, 0.1) is 11.4 Å². The summed E-state index contributed by atoms with van der Waals surface area (Å²) in [6.07, 6.45) is 0. The molecule has 0 saturated heterocycles. The third-order valence-corrected chi connectivity index (χ3v) is 2.35. The van der Waals surface area contributed by atoms with Crippen LogP contribution in [0.5, 0.6) is 0 Å². The maximum Gasteiger partial charge on any atom is 0.0598 e. The highest BCUT2D eigenvalue weighted by Gasteiger charge is 2.15. The molecule has 0 unspecified atom stereocenters. The largest absolute Gasteiger partial charge is 0.397 e. The van der Waals surface area contributed by atoms with Crippen molar-refractivity contribution in [3.8, 4) is 0 Å². The molecule has 0 radical (unpaired) electrons. The molecule has 0 amide bonds. The van der Waals surface area contributed by atoms with Crippen LogP contribution in [-0.2, 0) is 0 Å². The lowest BCUT2D eigenvalue weighted by Gasteiger charge is -2.29. The second-order valence-electron chi connectivity index (χ2n) is 5.12. The first kappa shape index (κ1) is 12.2. The Kier molecular flexibility index (Phi) is 3.50. The number of hydrogen-bond donors (Lipinski definition) is 1. The van der Waals surface area contributed by atoms with Crippen LogP contribution in [0.4, 0.5) is 11.4 Å². The number of nitrogen functional groups attached to an aromatic ring is 1. The van der Waals surface area contributed by atoms with Crippen molar-refractivity contribution in [3.05, 3.63) is 23.2 Å². The Labute approximate surface area is 97.0 Å². The van der Waals surface area contributed by atoms with Gasteiger partial charge in [0.2, 0.25) is 0 Å². The molecule has 0 heterocycles. The van der Waals surface area contributed by atoms with E-state index in [2.05, 4.69) is 25.7 Å². The van der Waals surface area contributed by atoms with Gasteiger partial charge in [0, 0.05) is 18.6 Å². The third kappa shape index (κ3) is 3.63. The average Bonchev–Trinajstić information content (AvgIpc) is 1.99. The fourth-order valence-electron chi connectivity index (χ4n) is 1.67. The van der Waals surface area contributed by atoms with E-state index in [9.17, 15) is 0 Å². The molecule has 0 fully saturated rings. The molecule has 0 aromatic heterocycles. The zero-order valence-corrected chi connectivity index (χ0v) is 10.6. The minimum atomic E-state index is 0.251. The van der Waals surface area contributed by atoms with Crippen molar-refractivity contribution in [2.45, 2.75) is 20.8 Å². The number of nitrogens with two attached hydrogens (primary N) is 1. The summed E-state index contributed by atoms with van der Waals surface area (Å²) in [5.74, 6) is 0. The molecule has 84 valence electrons. The van der Waals surface area contributed by atoms with Gasteiger partial charge in [0.25, 0.3) is 0 Å². The van der Waals surface area contributed by atoms with E-state index >= 15 is 0 Å². The Morgan fingerprint density at radius 2 is 1.93 bits per heavy atom. The maximum absolute atomic E-state index is 5.92. The predicted octanol–water partition coefficient (Wildman–Crippen LogP) is 3.40. The van der Waals surface area contributed by atoms with Crippen molar-refractivity contribution in [2.75, 3.05) is 24.2 Å². The van der Waals surface area contributed by atoms with Crippen molar-refractivity contribution < 1.29 is 0 Å². The van der Waals surface area contributed by atoms with Crippen LogP contribution in [0.1, 0.15) is 20.8 Å². The molecule has 0 spiro atoms. The monoisotopic (exact) mass is 226 g/mol. The smallest absolute Gasteiger partial charge is 0.0598 e. The van der Waals surface area contributed by atoms with E-state index < -0.39 is 0 Å². The van der Waals surface area contributed by atoms with E-state index in [4.69, 9.17) is 17.3 Å². The molecule has 1 aromatic carbocycles. The quantitative estimate of drug-likeness (QED) is 0.784. The van der Waals surface area contributed by atoms with E-state index in [1.165, 1.54) is 0 Å². The van der Waals surface area contributed by atoms with Crippen LogP contribution in [0, 0.1) is 5.41 Å². The van der Waals surface area contributed by atoms with Crippen LogP contribution >= 0.6 is 11.6 Å². The standard InChI is InChI=1S/C12H19ClN2/c1-12(2,3)8-15(4)11-6-5-9(13)7-10(11)14/h5-7H,8,14H2,1-4H3. The summed E-state index contributed by atoms with van der Waals surface area (Å²) in [4.78, 5) is 2.16. The average molecular weight is 227 g/mol. The van der Waals surface area contributed by atoms with Gasteiger partial charge in [0.15, 0.2) is 0 Å². The molecule has 0 saturated carbocycles. The van der Waals surface area contributed by atoms with Crippen LogP contribution in [0.3, 0.4) is 0 Å². The summed E-state index contributed by atoms with van der Waals surface area (Å²) in [5, 5.41) is 0.681. The highest BCUT2D eigenvalue weighted by atomic mass is 35.5. The van der Waals surface area contributed by atoms with Gasteiger partial charge >= 0.3 is 0 Å². The van der Waals surface area contributed by atoms with Gasteiger partial charge in [-0.15, -0.1) is 0 Å². The molecule has 0 aliphatic rings. The minimum Gasteiger partial charge on any atom is -0.397 e. The van der Waals surface area contributed by atoms with E-state index in [0.717, 1.165) is 17.9 Å². The van der Waals surface area contributed by atoms with Gasteiger partial charge in [-0.3, -0.25) is 0 Å². The highest BCUT2D eigenvalue weighted by Crippen LogP contribution is 2.27. The molecule has 0 atom stereocenters. The normalized spacial score (nSPS) is 11.5. The van der Waals surface area contributed by atoms with E-state index in [0.29, 0.717) is 5.02 Å². The van der Waals surface area contributed by atoms with Crippen molar-refractivity contribution in [3.63, 3.8) is 0 Å². The van der Waals surface area contributed by atoms with Crippen LogP contribution in [0.15, 0.2) is 18.2 Å². The molecule has 3 heteroatoms. The zero-order valence-electron chi connectivity index (χ0n) is 9.84.